The van der Waals surface area contributed by atoms with Crippen LogP contribution in [-0.4, -0.2) is 41.2 Å². The van der Waals surface area contributed by atoms with Gasteiger partial charge in [0.25, 0.3) is 0 Å². The molecule has 3 aromatic rings. The van der Waals surface area contributed by atoms with E-state index in [1.165, 1.54) is 0 Å². The van der Waals surface area contributed by atoms with Gasteiger partial charge in [0.1, 0.15) is 11.2 Å². The van der Waals surface area contributed by atoms with Crippen molar-refractivity contribution in [1.82, 2.24) is 15.0 Å². The van der Waals surface area contributed by atoms with E-state index in [2.05, 4.69) is 28.5 Å². The zero-order chi connectivity index (χ0) is 17.4. The fourth-order valence-electron chi connectivity index (χ4n) is 3.28. The number of aryl methyl sites for hydroxylation is 1. The van der Waals surface area contributed by atoms with Gasteiger partial charge < -0.3 is 14.7 Å². The maximum atomic E-state index is 6.01. The Morgan fingerprint density at radius 2 is 1.92 bits per heavy atom. The Labute approximate surface area is 152 Å². The molecule has 0 aliphatic carbocycles. The van der Waals surface area contributed by atoms with Crippen molar-refractivity contribution in [1.29, 1.82) is 0 Å². The molecule has 5 nitrogen and oxygen atoms in total. The fraction of sp³-hybridized carbons (Fsp3) is 0.368. The van der Waals surface area contributed by atoms with Gasteiger partial charge in [0, 0.05) is 16.6 Å². The zero-order valence-electron chi connectivity index (χ0n) is 14.4. The Balaban J connectivity index is 1.73. The third-order valence-corrected chi connectivity index (χ3v) is 5.06. The van der Waals surface area contributed by atoms with E-state index in [4.69, 9.17) is 21.1 Å². The minimum atomic E-state index is 0.435. The molecule has 2 aromatic heterocycles. The number of hydrogen-bond donors (Lipinski definition) is 1. The summed E-state index contributed by atoms with van der Waals surface area (Å²) in [7, 11) is 2.17. The second-order valence-corrected chi connectivity index (χ2v) is 7.17. The van der Waals surface area contributed by atoms with E-state index in [-0.39, 0.29) is 0 Å². The number of likely N-dealkylation sites (tertiary alicyclic amines) is 1. The van der Waals surface area contributed by atoms with Crippen molar-refractivity contribution in [3.8, 4) is 11.3 Å². The molecule has 0 spiro atoms. The topological polar surface area (TPSA) is 54.2 Å². The smallest absolute Gasteiger partial charge is 0.208 e. The quantitative estimate of drug-likeness (QED) is 0.755. The molecule has 6 heteroatoms. The van der Waals surface area contributed by atoms with Crippen molar-refractivity contribution in [3.63, 3.8) is 0 Å². The van der Waals surface area contributed by atoms with Crippen LogP contribution in [0.2, 0.25) is 5.02 Å². The van der Waals surface area contributed by atoms with Crippen LogP contribution in [0, 0.1) is 6.92 Å². The van der Waals surface area contributed by atoms with Crippen molar-refractivity contribution >= 4 is 28.4 Å². The van der Waals surface area contributed by atoms with E-state index in [0.717, 1.165) is 64.7 Å². The Morgan fingerprint density at radius 1 is 1.20 bits per heavy atom. The monoisotopic (exact) mass is 356 g/mol. The van der Waals surface area contributed by atoms with Crippen molar-refractivity contribution < 1.29 is 4.52 Å². The lowest BCUT2D eigenvalue weighted by molar-refractivity contribution is 0.264. The SMILES string of the molecule is Cc1noc2c(NC3CCN(C)CC3)cc(-c3ccc(Cl)cc3)nc12. The lowest BCUT2D eigenvalue weighted by Gasteiger charge is -2.30. The Hall–Kier alpha value is -2.11. The number of anilines is 1. The molecule has 0 atom stereocenters. The van der Waals surface area contributed by atoms with Gasteiger partial charge in [-0.15, -0.1) is 0 Å². The highest BCUT2D eigenvalue weighted by Crippen LogP contribution is 2.31. The Morgan fingerprint density at radius 3 is 2.64 bits per heavy atom. The number of hydrogen-bond acceptors (Lipinski definition) is 5. The summed E-state index contributed by atoms with van der Waals surface area (Å²) in [4.78, 5) is 7.11. The van der Waals surface area contributed by atoms with Crippen LogP contribution >= 0.6 is 11.6 Å². The summed E-state index contributed by atoms with van der Waals surface area (Å²) in [6.07, 6.45) is 2.23. The third kappa shape index (κ3) is 3.34. The molecule has 0 amide bonds. The van der Waals surface area contributed by atoms with E-state index in [1.807, 2.05) is 31.2 Å². The summed E-state index contributed by atoms with van der Waals surface area (Å²) in [6, 6.07) is 10.2. The first kappa shape index (κ1) is 16.4. The van der Waals surface area contributed by atoms with Gasteiger partial charge in [-0.25, -0.2) is 4.98 Å². The van der Waals surface area contributed by atoms with Crippen LogP contribution < -0.4 is 5.32 Å². The first-order chi connectivity index (χ1) is 12.1. The summed E-state index contributed by atoms with van der Waals surface area (Å²) >= 11 is 6.01. The Kier molecular flexibility index (Phi) is 4.36. The molecule has 3 heterocycles. The molecule has 1 aliphatic heterocycles. The predicted molar refractivity (Wildman–Crippen MR) is 101 cm³/mol. The van der Waals surface area contributed by atoms with Gasteiger partial charge in [0.15, 0.2) is 0 Å². The number of benzene rings is 1. The highest BCUT2D eigenvalue weighted by Gasteiger charge is 2.20. The summed E-state index contributed by atoms with van der Waals surface area (Å²) in [5, 5.41) is 8.47. The van der Waals surface area contributed by atoms with Crippen molar-refractivity contribution in [2.45, 2.75) is 25.8 Å². The van der Waals surface area contributed by atoms with Gasteiger partial charge in [-0.3, -0.25) is 0 Å². The number of nitrogens with one attached hydrogen (secondary N) is 1. The molecule has 1 saturated heterocycles. The van der Waals surface area contributed by atoms with E-state index >= 15 is 0 Å². The predicted octanol–water partition coefficient (Wildman–Crippen LogP) is 4.36. The van der Waals surface area contributed by atoms with Crippen LogP contribution in [0.25, 0.3) is 22.4 Å². The van der Waals surface area contributed by atoms with Crippen LogP contribution in [0.1, 0.15) is 18.5 Å². The third-order valence-electron chi connectivity index (χ3n) is 4.81. The standard InChI is InChI=1S/C19H21ClN4O/c1-12-18-19(25-23-12)17(21-15-7-9-24(2)10-8-15)11-16(22-18)13-3-5-14(20)6-4-13/h3-6,11,15H,7-10H2,1-2H3,(H,21,22). The number of rotatable bonds is 3. The highest BCUT2D eigenvalue weighted by atomic mass is 35.5. The molecule has 1 aliphatic rings. The maximum Gasteiger partial charge on any atom is 0.208 e. The average Bonchev–Trinajstić information content (AvgIpc) is 2.99. The molecule has 1 fully saturated rings. The summed E-state index contributed by atoms with van der Waals surface area (Å²) in [5.41, 5.74) is 5.23. The normalized spacial score (nSPS) is 16.4. The molecule has 0 bridgehead atoms. The second kappa shape index (κ2) is 6.65. The molecule has 130 valence electrons. The van der Waals surface area contributed by atoms with Gasteiger partial charge in [-0.05, 0) is 58.1 Å². The van der Waals surface area contributed by atoms with Crippen LogP contribution in [0.15, 0.2) is 34.9 Å². The van der Waals surface area contributed by atoms with Crippen LogP contribution in [0.3, 0.4) is 0 Å². The molecule has 0 unspecified atom stereocenters. The molecule has 0 radical (unpaired) electrons. The van der Waals surface area contributed by atoms with Gasteiger partial charge >= 0.3 is 0 Å². The van der Waals surface area contributed by atoms with Crippen LogP contribution in [-0.2, 0) is 0 Å². The number of halogens is 1. The molecular formula is C19H21ClN4O. The van der Waals surface area contributed by atoms with Gasteiger partial charge in [0.2, 0.25) is 5.58 Å². The number of piperidine rings is 1. The van der Waals surface area contributed by atoms with E-state index in [9.17, 15) is 0 Å². The number of aromatic nitrogens is 2. The number of nitrogens with zero attached hydrogens (tertiary/aromatic N) is 3. The van der Waals surface area contributed by atoms with E-state index in [0.29, 0.717) is 6.04 Å². The largest absolute Gasteiger partial charge is 0.379 e. The number of pyridine rings is 1. The fourth-order valence-corrected chi connectivity index (χ4v) is 3.40. The summed E-state index contributed by atoms with van der Waals surface area (Å²) < 4.78 is 5.55. The van der Waals surface area contributed by atoms with Crippen molar-refractivity contribution in [2.75, 3.05) is 25.5 Å². The molecule has 4 rings (SSSR count). The maximum absolute atomic E-state index is 6.01. The average molecular weight is 357 g/mol. The first-order valence-corrected chi connectivity index (χ1v) is 8.96. The molecule has 1 N–H and O–H groups in total. The second-order valence-electron chi connectivity index (χ2n) is 6.73. The van der Waals surface area contributed by atoms with E-state index in [1.54, 1.807) is 0 Å². The van der Waals surface area contributed by atoms with E-state index < -0.39 is 0 Å². The van der Waals surface area contributed by atoms with Gasteiger partial charge in [0.05, 0.1) is 11.4 Å². The first-order valence-electron chi connectivity index (χ1n) is 8.58. The zero-order valence-corrected chi connectivity index (χ0v) is 15.2. The van der Waals surface area contributed by atoms with Crippen LogP contribution in [0.4, 0.5) is 5.69 Å². The van der Waals surface area contributed by atoms with Crippen molar-refractivity contribution in [2.24, 2.45) is 0 Å². The highest BCUT2D eigenvalue weighted by molar-refractivity contribution is 6.30. The minimum absolute atomic E-state index is 0.435. The molecule has 25 heavy (non-hydrogen) atoms. The Bertz CT molecular complexity index is 882. The lowest BCUT2D eigenvalue weighted by atomic mass is 10.0. The number of fused-ring (bicyclic) bond motifs is 1. The van der Waals surface area contributed by atoms with Crippen molar-refractivity contribution in [3.05, 3.63) is 41.0 Å². The van der Waals surface area contributed by atoms with Crippen LogP contribution in [0.5, 0.6) is 0 Å². The van der Waals surface area contributed by atoms with Gasteiger partial charge in [-0.2, -0.15) is 0 Å². The molecular weight excluding hydrogens is 336 g/mol. The summed E-state index contributed by atoms with van der Waals surface area (Å²) in [6.45, 7) is 4.13. The summed E-state index contributed by atoms with van der Waals surface area (Å²) in [5.74, 6) is 0. The molecule has 0 saturated carbocycles. The lowest BCUT2D eigenvalue weighted by Crippen LogP contribution is -2.36. The molecule has 1 aromatic carbocycles. The van der Waals surface area contributed by atoms with Gasteiger partial charge in [-0.1, -0.05) is 28.9 Å². The minimum Gasteiger partial charge on any atom is -0.379 e.